The summed E-state index contributed by atoms with van der Waals surface area (Å²) in [5.41, 5.74) is -0.00790. The Morgan fingerprint density at radius 3 is 2.84 bits per heavy atom. The number of rotatable bonds is 7. The fraction of sp³-hybridized carbons (Fsp3) is 0.667. The Hall–Kier alpha value is -1.60. The van der Waals surface area contributed by atoms with Crippen molar-refractivity contribution in [1.29, 1.82) is 0 Å². The molecule has 6 nitrogen and oxygen atoms in total. The zero-order valence-corrected chi connectivity index (χ0v) is 16.5. The van der Waals surface area contributed by atoms with Crippen LogP contribution in [-0.4, -0.2) is 63.2 Å². The molecule has 7 heteroatoms. The third-order valence-electron chi connectivity index (χ3n) is 4.28. The molecule has 2 heterocycles. The Bertz CT molecular complexity index is 564. The van der Waals surface area contributed by atoms with Gasteiger partial charge in [-0.05, 0) is 24.3 Å². The Labute approximate surface area is 154 Å². The van der Waals surface area contributed by atoms with Crippen molar-refractivity contribution in [2.24, 2.45) is 4.99 Å². The van der Waals surface area contributed by atoms with E-state index >= 15 is 0 Å². The average Bonchev–Trinajstić information content (AvgIpc) is 3.27. The van der Waals surface area contributed by atoms with Crippen LogP contribution in [0.4, 0.5) is 0 Å². The van der Waals surface area contributed by atoms with E-state index in [4.69, 9.17) is 4.74 Å². The molecule has 1 aromatic heterocycles. The number of likely N-dealkylation sites (N-methyl/N-ethyl adjacent to an activating group) is 1. The maximum Gasteiger partial charge on any atom is 0.243 e. The van der Waals surface area contributed by atoms with E-state index in [1.165, 1.54) is 4.88 Å². The quantitative estimate of drug-likeness (QED) is 0.571. The highest BCUT2D eigenvalue weighted by Gasteiger charge is 2.22. The Kier molecular flexibility index (Phi) is 7.25. The monoisotopic (exact) mass is 366 g/mol. The van der Waals surface area contributed by atoms with Crippen molar-refractivity contribution >= 4 is 23.2 Å². The summed E-state index contributed by atoms with van der Waals surface area (Å²) in [5.74, 6) is 0.645. The van der Waals surface area contributed by atoms with Gasteiger partial charge in [-0.25, -0.2) is 4.99 Å². The number of aliphatic imine (C=N–C) groups is 1. The van der Waals surface area contributed by atoms with Gasteiger partial charge in [0.1, 0.15) is 6.54 Å². The second kappa shape index (κ2) is 9.20. The smallest absolute Gasteiger partial charge is 0.243 e. The SMILES string of the molecule is CN(C)C(=O)CN=C(NCC1CCCO1)NCC(C)(C)c1cccs1. The molecule has 0 radical (unpaired) electrons. The number of carbonyl (C=O) groups is 1. The van der Waals surface area contributed by atoms with Gasteiger partial charge >= 0.3 is 0 Å². The van der Waals surface area contributed by atoms with E-state index in [1.54, 1.807) is 30.3 Å². The normalized spacial score (nSPS) is 18.2. The molecular weight excluding hydrogens is 336 g/mol. The van der Waals surface area contributed by atoms with Gasteiger partial charge in [0.2, 0.25) is 5.91 Å². The van der Waals surface area contributed by atoms with Crippen LogP contribution in [0.1, 0.15) is 31.6 Å². The standard InChI is InChI=1S/C18H30N4O2S/c1-18(2,15-8-6-10-25-15)13-21-17(20-12-16(23)22(3)4)19-11-14-7-5-9-24-14/h6,8,10,14H,5,7,9,11-13H2,1-4H3,(H2,19,20,21). The number of amides is 1. The van der Waals surface area contributed by atoms with Crippen LogP contribution in [0.5, 0.6) is 0 Å². The molecular formula is C18H30N4O2S. The lowest BCUT2D eigenvalue weighted by Gasteiger charge is -2.25. The van der Waals surface area contributed by atoms with E-state index in [-0.39, 0.29) is 24.0 Å². The van der Waals surface area contributed by atoms with E-state index in [9.17, 15) is 4.79 Å². The van der Waals surface area contributed by atoms with Gasteiger partial charge in [-0.1, -0.05) is 19.9 Å². The van der Waals surface area contributed by atoms with Crippen LogP contribution in [0.3, 0.4) is 0 Å². The molecule has 0 bridgehead atoms. The van der Waals surface area contributed by atoms with E-state index in [0.29, 0.717) is 12.5 Å². The molecule has 1 fully saturated rings. The Balaban J connectivity index is 1.94. The highest BCUT2D eigenvalue weighted by molar-refractivity contribution is 7.10. The molecule has 1 aromatic rings. The number of guanidine groups is 1. The molecule has 25 heavy (non-hydrogen) atoms. The summed E-state index contributed by atoms with van der Waals surface area (Å²) < 4.78 is 5.65. The Morgan fingerprint density at radius 1 is 1.44 bits per heavy atom. The summed E-state index contributed by atoms with van der Waals surface area (Å²) in [6.07, 6.45) is 2.40. The van der Waals surface area contributed by atoms with E-state index < -0.39 is 0 Å². The predicted molar refractivity (Wildman–Crippen MR) is 103 cm³/mol. The topological polar surface area (TPSA) is 66.0 Å². The molecule has 1 aliphatic heterocycles. The van der Waals surface area contributed by atoms with Gasteiger partial charge in [-0.2, -0.15) is 0 Å². The summed E-state index contributed by atoms with van der Waals surface area (Å²) in [6.45, 7) is 6.82. The lowest BCUT2D eigenvalue weighted by Crippen LogP contribution is -2.45. The molecule has 0 spiro atoms. The van der Waals surface area contributed by atoms with Crippen molar-refractivity contribution in [1.82, 2.24) is 15.5 Å². The zero-order valence-electron chi connectivity index (χ0n) is 15.7. The molecule has 1 saturated heterocycles. The van der Waals surface area contributed by atoms with Gasteiger partial charge in [0, 0.05) is 44.1 Å². The van der Waals surface area contributed by atoms with Crippen molar-refractivity contribution in [3.8, 4) is 0 Å². The predicted octanol–water partition coefficient (Wildman–Crippen LogP) is 1.83. The van der Waals surface area contributed by atoms with Crippen LogP contribution in [0.2, 0.25) is 0 Å². The van der Waals surface area contributed by atoms with Crippen molar-refractivity contribution in [2.75, 3.05) is 40.3 Å². The number of thiophene rings is 1. The van der Waals surface area contributed by atoms with E-state index in [0.717, 1.165) is 26.0 Å². The number of hydrogen-bond acceptors (Lipinski definition) is 4. The van der Waals surface area contributed by atoms with Crippen LogP contribution in [0, 0.1) is 0 Å². The first-order valence-corrected chi connectivity index (χ1v) is 9.64. The second-order valence-corrected chi connectivity index (χ2v) is 8.13. The van der Waals surface area contributed by atoms with Crippen LogP contribution < -0.4 is 10.6 Å². The molecule has 1 atom stereocenters. The molecule has 0 saturated carbocycles. The maximum atomic E-state index is 11.8. The summed E-state index contributed by atoms with van der Waals surface area (Å²) in [6, 6.07) is 4.22. The summed E-state index contributed by atoms with van der Waals surface area (Å²) in [4.78, 5) is 19.2. The highest BCUT2D eigenvalue weighted by atomic mass is 32.1. The van der Waals surface area contributed by atoms with Gasteiger partial charge in [0.05, 0.1) is 6.10 Å². The highest BCUT2D eigenvalue weighted by Crippen LogP contribution is 2.26. The third kappa shape index (κ3) is 6.32. The summed E-state index contributed by atoms with van der Waals surface area (Å²) in [5, 5.41) is 8.80. The summed E-state index contributed by atoms with van der Waals surface area (Å²) in [7, 11) is 3.48. The van der Waals surface area contributed by atoms with Gasteiger partial charge < -0.3 is 20.3 Å². The molecule has 140 valence electrons. The van der Waals surface area contributed by atoms with Gasteiger partial charge in [0.15, 0.2) is 5.96 Å². The first kappa shape index (κ1) is 19.7. The molecule has 2 N–H and O–H groups in total. The average molecular weight is 367 g/mol. The van der Waals surface area contributed by atoms with Crippen LogP contribution in [0.25, 0.3) is 0 Å². The van der Waals surface area contributed by atoms with E-state index in [1.807, 2.05) is 0 Å². The van der Waals surface area contributed by atoms with Crippen molar-refractivity contribution in [3.05, 3.63) is 22.4 Å². The number of ether oxygens (including phenoxy) is 1. The molecule has 2 rings (SSSR count). The van der Waals surface area contributed by atoms with Crippen LogP contribution in [-0.2, 0) is 14.9 Å². The summed E-state index contributed by atoms with van der Waals surface area (Å²) >= 11 is 1.76. The molecule has 1 unspecified atom stereocenters. The molecule has 1 amide bonds. The fourth-order valence-corrected chi connectivity index (χ4v) is 3.39. The van der Waals surface area contributed by atoms with Gasteiger partial charge in [-0.15, -0.1) is 11.3 Å². The lowest BCUT2D eigenvalue weighted by atomic mass is 9.91. The number of carbonyl (C=O) groups excluding carboxylic acids is 1. The lowest BCUT2D eigenvalue weighted by molar-refractivity contribution is -0.127. The minimum atomic E-state index is -0.0178. The van der Waals surface area contributed by atoms with Crippen molar-refractivity contribution in [3.63, 3.8) is 0 Å². The molecule has 1 aliphatic rings. The first-order chi connectivity index (χ1) is 11.9. The first-order valence-electron chi connectivity index (χ1n) is 8.76. The minimum Gasteiger partial charge on any atom is -0.376 e. The van der Waals surface area contributed by atoms with E-state index in [2.05, 4.69) is 47.0 Å². The van der Waals surface area contributed by atoms with Crippen LogP contribution >= 0.6 is 11.3 Å². The van der Waals surface area contributed by atoms with Crippen LogP contribution in [0.15, 0.2) is 22.5 Å². The van der Waals surface area contributed by atoms with Gasteiger partial charge in [0.25, 0.3) is 0 Å². The Morgan fingerprint density at radius 2 is 2.24 bits per heavy atom. The molecule has 0 aromatic carbocycles. The largest absolute Gasteiger partial charge is 0.376 e. The number of hydrogen-bond donors (Lipinski definition) is 2. The second-order valence-electron chi connectivity index (χ2n) is 7.18. The van der Waals surface area contributed by atoms with Gasteiger partial charge in [-0.3, -0.25) is 4.79 Å². The molecule has 0 aliphatic carbocycles. The number of nitrogens with zero attached hydrogens (tertiary/aromatic N) is 2. The zero-order chi connectivity index (χ0) is 18.3. The third-order valence-corrected chi connectivity index (χ3v) is 5.51. The number of nitrogens with one attached hydrogen (secondary N) is 2. The fourth-order valence-electron chi connectivity index (χ4n) is 2.53. The van der Waals surface area contributed by atoms with Crippen molar-refractivity contribution in [2.45, 2.75) is 38.2 Å². The maximum absolute atomic E-state index is 11.8. The minimum absolute atomic E-state index is 0.00790. The van der Waals surface area contributed by atoms with Crippen molar-refractivity contribution < 1.29 is 9.53 Å².